The van der Waals surface area contributed by atoms with Crippen molar-refractivity contribution in [2.24, 2.45) is 0 Å². The van der Waals surface area contributed by atoms with Gasteiger partial charge in [0.15, 0.2) is 11.6 Å². The van der Waals surface area contributed by atoms with Crippen LogP contribution in [0, 0.1) is 11.6 Å². The molecule has 0 saturated carbocycles. The fraction of sp³-hybridized carbons (Fsp3) is 0.300. The van der Waals surface area contributed by atoms with Crippen molar-refractivity contribution in [1.82, 2.24) is 4.72 Å². The minimum absolute atomic E-state index is 0.0190. The van der Waals surface area contributed by atoms with Crippen molar-refractivity contribution >= 4 is 33.2 Å². The fourth-order valence-corrected chi connectivity index (χ4v) is 4.26. The molecule has 0 unspecified atom stereocenters. The largest absolute Gasteiger partial charge is 0.326 e. The number of halogens is 2. The monoisotopic (exact) mass is 437 g/mol. The fourth-order valence-electron chi connectivity index (χ4n) is 3.17. The Balaban J connectivity index is 1.58. The van der Waals surface area contributed by atoms with Gasteiger partial charge < -0.3 is 10.2 Å². The topological polar surface area (TPSA) is 95.6 Å². The predicted molar refractivity (Wildman–Crippen MR) is 108 cm³/mol. The summed E-state index contributed by atoms with van der Waals surface area (Å²) < 4.78 is 53.4. The van der Waals surface area contributed by atoms with E-state index in [4.69, 9.17) is 0 Å². The second-order valence-corrected chi connectivity index (χ2v) is 8.53. The van der Waals surface area contributed by atoms with E-state index in [1.54, 1.807) is 17.9 Å². The van der Waals surface area contributed by atoms with Crippen molar-refractivity contribution in [1.29, 1.82) is 0 Å². The first-order valence-corrected chi connectivity index (χ1v) is 10.9. The maximum atomic E-state index is 13.2. The molecular formula is C20H21F2N3O4S. The second kappa shape index (κ2) is 8.88. The van der Waals surface area contributed by atoms with Crippen LogP contribution in [0.4, 0.5) is 20.2 Å². The summed E-state index contributed by atoms with van der Waals surface area (Å²) >= 11 is 0. The van der Waals surface area contributed by atoms with Crippen molar-refractivity contribution in [3.63, 3.8) is 0 Å². The number of fused-ring (bicyclic) bond motifs is 1. The third-order valence-electron chi connectivity index (χ3n) is 4.71. The van der Waals surface area contributed by atoms with E-state index in [0.717, 1.165) is 17.7 Å². The van der Waals surface area contributed by atoms with E-state index in [1.165, 1.54) is 18.2 Å². The van der Waals surface area contributed by atoms with Gasteiger partial charge in [-0.2, -0.15) is 0 Å². The van der Waals surface area contributed by atoms with Crippen molar-refractivity contribution in [2.75, 3.05) is 23.3 Å². The van der Waals surface area contributed by atoms with Gasteiger partial charge in [-0.3, -0.25) is 9.59 Å². The molecule has 7 nitrogen and oxygen atoms in total. The van der Waals surface area contributed by atoms with Gasteiger partial charge in [-0.15, -0.1) is 0 Å². The number of nitrogens with zero attached hydrogens (tertiary/aromatic N) is 1. The lowest BCUT2D eigenvalue weighted by atomic mass is 10.2. The molecule has 30 heavy (non-hydrogen) atoms. The molecule has 3 rings (SSSR count). The zero-order valence-corrected chi connectivity index (χ0v) is 17.1. The first-order valence-electron chi connectivity index (χ1n) is 9.39. The molecule has 0 aromatic heterocycles. The molecule has 2 aromatic rings. The van der Waals surface area contributed by atoms with Crippen LogP contribution in [-0.4, -0.2) is 33.3 Å². The molecule has 2 aromatic carbocycles. The smallest absolute Gasteiger partial charge is 0.240 e. The highest BCUT2D eigenvalue weighted by Gasteiger charge is 2.25. The van der Waals surface area contributed by atoms with E-state index < -0.39 is 27.6 Å². The molecule has 0 atom stereocenters. The third-order valence-corrected chi connectivity index (χ3v) is 6.17. The minimum Gasteiger partial charge on any atom is -0.326 e. The number of sulfonamides is 1. The number of rotatable bonds is 7. The Morgan fingerprint density at radius 1 is 1.10 bits per heavy atom. The summed E-state index contributed by atoms with van der Waals surface area (Å²) in [4.78, 5) is 25.6. The van der Waals surface area contributed by atoms with Crippen LogP contribution in [0.1, 0.15) is 25.3 Å². The molecule has 1 aliphatic heterocycles. The van der Waals surface area contributed by atoms with E-state index in [1.807, 2.05) is 0 Å². The molecule has 0 saturated heterocycles. The Labute approximate surface area is 173 Å². The summed E-state index contributed by atoms with van der Waals surface area (Å²) in [7, 11) is -3.85. The lowest BCUT2D eigenvalue weighted by Crippen LogP contribution is -2.28. The molecule has 0 bridgehead atoms. The Morgan fingerprint density at radius 3 is 2.57 bits per heavy atom. The first-order chi connectivity index (χ1) is 14.2. The van der Waals surface area contributed by atoms with Crippen molar-refractivity contribution in [3.8, 4) is 0 Å². The average molecular weight is 437 g/mol. The molecule has 2 amide bonds. The molecule has 160 valence electrons. The van der Waals surface area contributed by atoms with Crippen LogP contribution in [0.5, 0.6) is 0 Å². The molecule has 0 spiro atoms. The third kappa shape index (κ3) is 4.82. The van der Waals surface area contributed by atoms with Gasteiger partial charge in [-0.1, -0.05) is 6.92 Å². The Kier molecular flexibility index (Phi) is 6.47. The Hall–Kier alpha value is -2.85. The van der Waals surface area contributed by atoms with Crippen molar-refractivity contribution in [3.05, 3.63) is 53.6 Å². The summed E-state index contributed by atoms with van der Waals surface area (Å²) in [6.45, 7) is 2.12. The predicted octanol–water partition coefficient (Wildman–Crippen LogP) is 2.57. The zero-order chi connectivity index (χ0) is 21.9. The van der Waals surface area contributed by atoms with E-state index in [2.05, 4.69) is 10.0 Å². The van der Waals surface area contributed by atoms with Crippen molar-refractivity contribution < 1.29 is 26.8 Å². The number of amides is 2. The maximum Gasteiger partial charge on any atom is 0.240 e. The summed E-state index contributed by atoms with van der Waals surface area (Å²) in [6.07, 6.45) is 0.747. The molecule has 0 radical (unpaired) electrons. The van der Waals surface area contributed by atoms with E-state index in [-0.39, 0.29) is 29.5 Å². The number of hydrogen-bond acceptors (Lipinski definition) is 4. The Bertz CT molecular complexity index is 1090. The molecule has 1 aliphatic rings. The number of nitrogens with one attached hydrogen (secondary N) is 2. The van der Waals surface area contributed by atoms with Gasteiger partial charge >= 0.3 is 0 Å². The average Bonchev–Trinajstić information content (AvgIpc) is 3.13. The van der Waals surface area contributed by atoms with Crippen LogP contribution < -0.4 is 14.9 Å². The molecule has 0 fully saturated rings. The summed E-state index contributed by atoms with van der Waals surface area (Å²) in [5.41, 5.74) is 1.56. The molecule has 1 heterocycles. The van der Waals surface area contributed by atoms with Crippen LogP contribution in [0.15, 0.2) is 41.3 Å². The zero-order valence-electron chi connectivity index (χ0n) is 16.2. The molecular weight excluding hydrogens is 416 g/mol. The second-order valence-electron chi connectivity index (χ2n) is 6.76. The van der Waals surface area contributed by atoms with Gasteiger partial charge in [0.25, 0.3) is 0 Å². The quantitative estimate of drug-likeness (QED) is 0.696. The summed E-state index contributed by atoms with van der Waals surface area (Å²) in [6, 6.07) is 7.49. The van der Waals surface area contributed by atoms with Gasteiger partial charge in [0.05, 0.1) is 4.90 Å². The highest BCUT2D eigenvalue weighted by molar-refractivity contribution is 7.89. The normalized spacial score (nSPS) is 13.2. The maximum absolute atomic E-state index is 13.2. The first kappa shape index (κ1) is 21.8. The molecule has 0 aliphatic carbocycles. The number of carbonyl (C=O) groups is 2. The van der Waals surface area contributed by atoms with Crippen LogP contribution in [0.3, 0.4) is 0 Å². The van der Waals surface area contributed by atoms with Crippen LogP contribution in [0.2, 0.25) is 0 Å². The summed E-state index contributed by atoms with van der Waals surface area (Å²) in [5, 5.41) is 2.37. The van der Waals surface area contributed by atoms with Crippen LogP contribution >= 0.6 is 0 Å². The molecule has 2 N–H and O–H groups in total. The van der Waals surface area contributed by atoms with E-state index >= 15 is 0 Å². The highest BCUT2D eigenvalue weighted by atomic mass is 32.2. The standard InChI is InChI=1S/C20H21F2N3O4S/c1-2-20(27)25-10-8-13-11-15(4-6-18(13)25)30(28,29)23-9-7-19(26)24-14-3-5-16(21)17(22)12-14/h3-6,11-12,23H,2,7-10H2,1H3,(H,24,26). The highest BCUT2D eigenvalue weighted by Crippen LogP contribution is 2.30. The molecule has 10 heteroatoms. The minimum atomic E-state index is -3.85. The van der Waals surface area contributed by atoms with Gasteiger partial charge in [0.1, 0.15) is 0 Å². The Morgan fingerprint density at radius 2 is 1.87 bits per heavy atom. The van der Waals surface area contributed by atoms with E-state index in [9.17, 15) is 26.8 Å². The van der Waals surface area contributed by atoms with Crippen molar-refractivity contribution in [2.45, 2.75) is 31.1 Å². The van der Waals surface area contributed by atoms with Gasteiger partial charge in [0.2, 0.25) is 21.8 Å². The summed E-state index contributed by atoms with van der Waals surface area (Å²) in [5.74, 6) is -2.69. The number of carbonyl (C=O) groups excluding carboxylic acids is 2. The lowest BCUT2D eigenvalue weighted by Gasteiger charge is -2.16. The van der Waals surface area contributed by atoms with Crippen LogP contribution in [-0.2, 0) is 26.0 Å². The van der Waals surface area contributed by atoms with E-state index in [0.29, 0.717) is 25.1 Å². The van der Waals surface area contributed by atoms with Gasteiger partial charge in [0, 0.05) is 43.4 Å². The lowest BCUT2D eigenvalue weighted by molar-refractivity contribution is -0.118. The van der Waals surface area contributed by atoms with Crippen LogP contribution in [0.25, 0.3) is 0 Å². The number of anilines is 2. The van der Waals surface area contributed by atoms with Gasteiger partial charge in [-0.05, 0) is 42.3 Å². The SMILES string of the molecule is CCC(=O)N1CCc2cc(S(=O)(=O)NCCC(=O)Nc3ccc(F)c(F)c3)ccc21. The number of hydrogen-bond donors (Lipinski definition) is 2. The number of benzene rings is 2. The van der Waals surface area contributed by atoms with Gasteiger partial charge in [-0.25, -0.2) is 21.9 Å².